The summed E-state index contributed by atoms with van der Waals surface area (Å²) in [4.78, 5) is 4.68. The Bertz CT molecular complexity index is 976. The van der Waals surface area contributed by atoms with Crippen LogP contribution in [0, 0.1) is 12.7 Å². The fraction of sp³-hybridized carbons (Fsp3) is 0.476. The Balaban J connectivity index is 1.53. The number of piperidine rings is 1. The van der Waals surface area contributed by atoms with Gasteiger partial charge in [0.25, 0.3) is 10.2 Å². The van der Waals surface area contributed by atoms with Crippen molar-refractivity contribution in [1.29, 1.82) is 0 Å². The van der Waals surface area contributed by atoms with Crippen molar-refractivity contribution in [1.82, 2.24) is 13.6 Å². The van der Waals surface area contributed by atoms with E-state index in [0.717, 1.165) is 42.8 Å². The third kappa shape index (κ3) is 4.60. The molecule has 0 radical (unpaired) electrons. The van der Waals surface area contributed by atoms with Gasteiger partial charge >= 0.3 is 0 Å². The van der Waals surface area contributed by atoms with Gasteiger partial charge in [-0.1, -0.05) is 6.07 Å². The van der Waals surface area contributed by atoms with E-state index >= 15 is 0 Å². The Labute approximate surface area is 171 Å². The molecule has 0 spiro atoms. The first-order valence-electron chi connectivity index (χ1n) is 10.2. The Hall–Kier alpha value is -2.03. The van der Waals surface area contributed by atoms with Crippen molar-refractivity contribution >= 4 is 21.6 Å². The first-order valence-corrected chi connectivity index (χ1v) is 11.6. The number of hydrogen-bond acceptors (Lipinski definition) is 4. The summed E-state index contributed by atoms with van der Waals surface area (Å²) in [7, 11) is -3.39. The van der Waals surface area contributed by atoms with Crippen LogP contribution in [0.5, 0.6) is 0 Å². The predicted molar refractivity (Wildman–Crippen MR) is 112 cm³/mol. The zero-order valence-electron chi connectivity index (χ0n) is 16.6. The van der Waals surface area contributed by atoms with E-state index in [2.05, 4.69) is 10.3 Å². The summed E-state index contributed by atoms with van der Waals surface area (Å²) in [6, 6.07) is 10.2. The van der Waals surface area contributed by atoms with E-state index < -0.39 is 10.2 Å². The van der Waals surface area contributed by atoms with Crippen molar-refractivity contribution in [2.75, 3.05) is 31.5 Å². The second-order valence-electron chi connectivity index (χ2n) is 7.87. The van der Waals surface area contributed by atoms with Gasteiger partial charge in [0.15, 0.2) is 0 Å². The minimum Gasteiger partial charge on any atom is -0.355 e. The molecule has 3 heterocycles. The van der Waals surface area contributed by atoms with Gasteiger partial charge in [-0.15, -0.1) is 0 Å². The smallest absolute Gasteiger partial charge is 0.281 e. The molecule has 1 atom stereocenters. The first kappa shape index (κ1) is 20.3. The number of anilines is 2. The van der Waals surface area contributed by atoms with Gasteiger partial charge in [-0.05, 0) is 62.9 Å². The Morgan fingerprint density at radius 3 is 2.55 bits per heavy atom. The lowest BCUT2D eigenvalue weighted by Gasteiger charge is -2.34. The van der Waals surface area contributed by atoms with Gasteiger partial charge in [0.05, 0.1) is 0 Å². The van der Waals surface area contributed by atoms with Crippen LogP contribution in [0.15, 0.2) is 36.4 Å². The lowest BCUT2D eigenvalue weighted by atomic mass is 9.95. The number of pyridine rings is 1. The van der Waals surface area contributed by atoms with E-state index in [1.807, 2.05) is 25.1 Å². The van der Waals surface area contributed by atoms with Crippen molar-refractivity contribution in [2.45, 2.75) is 38.5 Å². The maximum Gasteiger partial charge on any atom is 0.281 e. The van der Waals surface area contributed by atoms with E-state index in [1.165, 1.54) is 12.1 Å². The summed E-state index contributed by atoms with van der Waals surface area (Å²) in [6.45, 7) is 4.17. The number of benzene rings is 1. The fourth-order valence-corrected chi connectivity index (χ4v) is 5.96. The van der Waals surface area contributed by atoms with Crippen molar-refractivity contribution in [3.8, 4) is 0 Å². The second kappa shape index (κ2) is 8.38. The van der Waals surface area contributed by atoms with Gasteiger partial charge in [-0.3, -0.25) is 4.98 Å². The van der Waals surface area contributed by atoms with Crippen LogP contribution in [0.3, 0.4) is 0 Å². The Kier molecular flexibility index (Phi) is 5.85. The van der Waals surface area contributed by atoms with Crippen LogP contribution in [0.4, 0.5) is 15.8 Å². The lowest BCUT2D eigenvalue weighted by molar-refractivity contribution is 0.290. The molecule has 0 aliphatic carbocycles. The zero-order valence-corrected chi connectivity index (χ0v) is 17.5. The third-order valence-corrected chi connectivity index (χ3v) is 7.61. The highest BCUT2D eigenvalue weighted by Crippen LogP contribution is 2.31. The van der Waals surface area contributed by atoms with Crippen molar-refractivity contribution < 1.29 is 12.8 Å². The van der Waals surface area contributed by atoms with Gasteiger partial charge in [-0.25, -0.2) is 4.39 Å². The average molecular weight is 419 g/mol. The standard InChI is InChI=1S/C21H27FN4O2S/c1-16-12-20(24-19-8-4-7-18(22)13-19)14-21(23-16)17-6-5-11-26(15-17)29(27,28)25-9-2-3-10-25/h4,7-8,12-14,17H,2-3,5-6,9-11,15H2,1H3,(H,23,24)/t17-/m0/s1. The van der Waals surface area contributed by atoms with E-state index in [1.54, 1.807) is 14.7 Å². The van der Waals surface area contributed by atoms with E-state index in [0.29, 0.717) is 31.9 Å². The van der Waals surface area contributed by atoms with Gasteiger partial charge in [-0.2, -0.15) is 17.0 Å². The monoisotopic (exact) mass is 418 g/mol. The van der Waals surface area contributed by atoms with Gasteiger partial charge in [0, 0.05) is 54.9 Å². The van der Waals surface area contributed by atoms with Crippen LogP contribution in [0.1, 0.15) is 43.0 Å². The minimum atomic E-state index is -3.39. The molecule has 0 unspecified atom stereocenters. The maximum absolute atomic E-state index is 13.5. The molecule has 8 heteroatoms. The number of nitrogens with zero attached hydrogens (tertiary/aromatic N) is 3. The van der Waals surface area contributed by atoms with E-state index in [-0.39, 0.29) is 11.7 Å². The molecular formula is C21H27FN4O2S. The topological polar surface area (TPSA) is 65.5 Å². The quantitative estimate of drug-likeness (QED) is 0.802. The first-order chi connectivity index (χ1) is 13.9. The molecule has 1 N–H and O–H groups in total. The summed E-state index contributed by atoms with van der Waals surface area (Å²) in [5.74, 6) is -0.245. The molecule has 2 aliphatic heterocycles. The van der Waals surface area contributed by atoms with Crippen molar-refractivity contribution in [3.05, 3.63) is 53.6 Å². The van der Waals surface area contributed by atoms with Crippen LogP contribution >= 0.6 is 0 Å². The van der Waals surface area contributed by atoms with Crippen molar-refractivity contribution in [2.24, 2.45) is 0 Å². The summed E-state index contributed by atoms with van der Waals surface area (Å²) in [5.41, 5.74) is 3.23. The SMILES string of the molecule is Cc1cc(Nc2cccc(F)c2)cc([C@H]2CCCN(S(=O)(=O)N3CCCC3)C2)n1. The Morgan fingerprint density at radius 2 is 1.79 bits per heavy atom. The van der Waals surface area contributed by atoms with Crippen LogP contribution in [0.25, 0.3) is 0 Å². The second-order valence-corrected chi connectivity index (χ2v) is 9.80. The Morgan fingerprint density at radius 1 is 1.03 bits per heavy atom. The molecule has 1 aromatic carbocycles. The van der Waals surface area contributed by atoms with Crippen LogP contribution in [-0.4, -0.2) is 48.2 Å². The minimum absolute atomic E-state index is 0.0501. The number of hydrogen-bond donors (Lipinski definition) is 1. The lowest BCUT2D eigenvalue weighted by Crippen LogP contribution is -2.46. The van der Waals surface area contributed by atoms with Crippen LogP contribution < -0.4 is 5.32 Å². The maximum atomic E-state index is 13.5. The predicted octanol–water partition coefficient (Wildman–Crippen LogP) is 3.79. The number of rotatable bonds is 5. The summed E-state index contributed by atoms with van der Waals surface area (Å²) >= 11 is 0. The van der Waals surface area contributed by atoms with Crippen molar-refractivity contribution in [3.63, 3.8) is 0 Å². The molecule has 2 saturated heterocycles. The number of aromatic nitrogens is 1. The molecule has 2 aliphatic rings. The van der Waals surface area contributed by atoms with Crippen LogP contribution in [-0.2, 0) is 10.2 Å². The number of nitrogens with one attached hydrogen (secondary N) is 1. The highest BCUT2D eigenvalue weighted by Gasteiger charge is 2.35. The highest BCUT2D eigenvalue weighted by molar-refractivity contribution is 7.86. The molecule has 2 fully saturated rings. The molecule has 0 saturated carbocycles. The van der Waals surface area contributed by atoms with Gasteiger partial charge in [0.2, 0.25) is 0 Å². The summed E-state index contributed by atoms with van der Waals surface area (Å²) < 4.78 is 42.6. The van der Waals surface area contributed by atoms with E-state index in [9.17, 15) is 12.8 Å². The summed E-state index contributed by atoms with van der Waals surface area (Å²) in [6.07, 6.45) is 3.60. The molecule has 4 rings (SSSR count). The molecule has 156 valence electrons. The molecule has 0 amide bonds. The van der Waals surface area contributed by atoms with Gasteiger partial charge in [0.1, 0.15) is 5.82 Å². The third-order valence-electron chi connectivity index (χ3n) is 5.61. The largest absolute Gasteiger partial charge is 0.355 e. The van der Waals surface area contributed by atoms with E-state index in [4.69, 9.17) is 0 Å². The molecule has 29 heavy (non-hydrogen) atoms. The molecule has 2 aromatic rings. The molecular weight excluding hydrogens is 391 g/mol. The normalized spacial score (nSPS) is 21.4. The average Bonchev–Trinajstić information content (AvgIpc) is 3.23. The molecule has 6 nitrogen and oxygen atoms in total. The summed E-state index contributed by atoms with van der Waals surface area (Å²) in [5, 5.41) is 3.23. The zero-order chi connectivity index (χ0) is 20.4. The molecule has 0 bridgehead atoms. The fourth-order valence-electron chi connectivity index (χ4n) is 4.18. The highest BCUT2D eigenvalue weighted by atomic mass is 32.2. The molecule has 1 aromatic heterocycles. The number of aryl methyl sites for hydroxylation is 1. The van der Waals surface area contributed by atoms with Crippen LogP contribution in [0.2, 0.25) is 0 Å². The number of halogens is 1. The van der Waals surface area contributed by atoms with Gasteiger partial charge < -0.3 is 5.32 Å².